The molecule has 0 spiro atoms. The molecule has 0 aliphatic carbocycles. The van der Waals surface area contributed by atoms with Crippen molar-refractivity contribution in [3.63, 3.8) is 0 Å². The number of carbonyl (C=O) groups is 2. The molecule has 2 rings (SSSR count). The number of allylic oxidation sites excluding steroid dienone is 2. The second-order valence-corrected chi connectivity index (χ2v) is 5.64. The molecular weight excluding hydrogens is 326 g/mol. The van der Waals surface area contributed by atoms with Gasteiger partial charge in [0.1, 0.15) is 16.9 Å². The van der Waals surface area contributed by atoms with Gasteiger partial charge in [0.15, 0.2) is 0 Å². The van der Waals surface area contributed by atoms with Crippen LogP contribution in [0.2, 0.25) is 0 Å². The number of benzene rings is 1. The lowest BCUT2D eigenvalue weighted by Crippen LogP contribution is -2.40. The van der Waals surface area contributed by atoms with E-state index >= 15 is 0 Å². The van der Waals surface area contributed by atoms with Crippen molar-refractivity contribution in [2.45, 2.75) is 26.2 Å². The lowest BCUT2D eigenvalue weighted by Gasteiger charge is -2.38. The highest BCUT2D eigenvalue weighted by Crippen LogP contribution is 2.45. The van der Waals surface area contributed by atoms with Crippen molar-refractivity contribution in [3.05, 3.63) is 58.8 Å². The average Bonchev–Trinajstić information content (AvgIpc) is 2.62. The van der Waals surface area contributed by atoms with Crippen LogP contribution in [0, 0.1) is 0 Å². The minimum Gasteiger partial charge on any atom is -0.437 e. The molecule has 0 saturated carbocycles. The number of nitrogens with one attached hydrogen (secondary N) is 1. The molecule has 0 bridgehead atoms. The third kappa shape index (κ3) is 3.45. The Bertz CT molecular complexity index is 695. The van der Waals surface area contributed by atoms with E-state index in [1.54, 1.807) is 20.8 Å². The van der Waals surface area contributed by atoms with Gasteiger partial charge in [0, 0.05) is 0 Å². The quantitative estimate of drug-likeness (QED) is 0.837. The molecule has 0 aromatic heterocycles. The number of dihydropyridines is 1. The van der Waals surface area contributed by atoms with Gasteiger partial charge in [0.25, 0.3) is 0 Å². The van der Waals surface area contributed by atoms with Crippen molar-refractivity contribution in [1.82, 2.24) is 5.32 Å². The molecule has 0 saturated heterocycles. The standard InChI is InChI=1S/C18H21NO6/c1-11-14(24-16(20)22-4)18(3,13-9-7-6-8-10-13)15(12(2)19-11)25-17(21)23-5/h6-10,19H,1-5H3. The average molecular weight is 347 g/mol. The molecular formula is C18H21NO6. The minimum absolute atomic E-state index is 0.273. The van der Waals surface area contributed by atoms with Crippen LogP contribution in [0.3, 0.4) is 0 Å². The van der Waals surface area contributed by atoms with E-state index in [0.29, 0.717) is 11.4 Å². The van der Waals surface area contributed by atoms with E-state index in [0.717, 1.165) is 5.56 Å². The van der Waals surface area contributed by atoms with Crippen LogP contribution in [0.25, 0.3) is 0 Å². The summed E-state index contributed by atoms with van der Waals surface area (Å²) in [4.78, 5) is 23.5. The Morgan fingerprint density at radius 3 is 1.72 bits per heavy atom. The summed E-state index contributed by atoms with van der Waals surface area (Å²) in [5.41, 5.74) is 0.939. The number of methoxy groups -OCH3 is 2. The molecule has 0 fully saturated rings. The van der Waals surface area contributed by atoms with Crippen LogP contribution < -0.4 is 5.32 Å². The molecule has 25 heavy (non-hydrogen) atoms. The molecule has 1 aliphatic heterocycles. The maximum absolute atomic E-state index is 11.8. The molecule has 1 heterocycles. The van der Waals surface area contributed by atoms with Gasteiger partial charge in [-0.15, -0.1) is 0 Å². The maximum atomic E-state index is 11.8. The molecule has 7 heteroatoms. The van der Waals surface area contributed by atoms with Gasteiger partial charge >= 0.3 is 12.3 Å². The number of hydrogen-bond donors (Lipinski definition) is 1. The Kier molecular flexibility index (Phi) is 5.36. The van der Waals surface area contributed by atoms with Crippen molar-refractivity contribution in [2.75, 3.05) is 14.2 Å². The Hall–Kier alpha value is -2.96. The summed E-state index contributed by atoms with van der Waals surface area (Å²) in [7, 11) is 2.45. The monoisotopic (exact) mass is 347 g/mol. The van der Waals surface area contributed by atoms with Gasteiger partial charge in [0.05, 0.1) is 25.6 Å². The molecule has 0 radical (unpaired) electrons. The normalized spacial score (nSPS) is 16.0. The molecule has 1 aromatic carbocycles. The van der Waals surface area contributed by atoms with Gasteiger partial charge in [-0.1, -0.05) is 30.3 Å². The van der Waals surface area contributed by atoms with E-state index in [1.807, 2.05) is 30.3 Å². The SMILES string of the molecule is COC(=O)OC1=C(C)NC(C)=C(OC(=O)OC)C1(C)c1ccccc1. The third-order valence-electron chi connectivity index (χ3n) is 4.02. The first-order valence-electron chi connectivity index (χ1n) is 7.61. The van der Waals surface area contributed by atoms with Crippen molar-refractivity contribution in [3.8, 4) is 0 Å². The molecule has 134 valence electrons. The van der Waals surface area contributed by atoms with Gasteiger partial charge in [-0.2, -0.15) is 0 Å². The number of rotatable bonds is 3. The molecule has 1 aromatic rings. The minimum atomic E-state index is -1.04. The maximum Gasteiger partial charge on any atom is 0.513 e. The van der Waals surface area contributed by atoms with E-state index in [4.69, 9.17) is 9.47 Å². The number of hydrogen-bond acceptors (Lipinski definition) is 7. The molecule has 0 unspecified atom stereocenters. The zero-order valence-corrected chi connectivity index (χ0v) is 14.8. The lowest BCUT2D eigenvalue weighted by molar-refractivity contribution is 0.0670. The summed E-state index contributed by atoms with van der Waals surface area (Å²) in [6.07, 6.45) is -1.73. The first-order valence-corrected chi connectivity index (χ1v) is 7.61. The third-order valence-corrected chi connectivity index (χ3v) is 4.02. The van der Waals surface area contributed by atoms with E-state index in [9.17, 15) is 9.59 Å². The van der Waals surface area contributed by atoms with Gasteiger partial charge in [-0.05, 0) is 26.3 Å². The Morgan fingerprint density at radius 1 is 0.880 bits per heavy atom. The van der Waals surface area contributed by atoms with Crippen LogP contribution in [0.1, 0.15) is 26.3 Å². The zero-order valence-electron chi connectivity index (χ0n) is 14.8. The van der Waals surface area contributed by atoms with E-state index in [-0.39, 0.29) is 11.5 Å². The predicted octanol–water partition coefficient (Wildman–Crippen LogP) is 3.58. The van der Waals surface area contributed by atoms with Crippen molar-refractivity contribution in [2.24, 2.45) is 0 Å². The summed E-state index contributed by atoms with van der Waals surface area (Å²) < 4.78 is 20.1. The second kappa shape index (κ2) is 7.29. The summed E-state index contributed by atoms with van der Waals surface area (Å²) in [6.45, 7) is 5.32. The van der Waals surface area contributed by atoms with E-state index in [1.165, 1.54) is 14.2 Å². The molecule has 0 atom stereocenters. The second-order valence-electron chi connectivity index (χ2n) is 5.64. The lowest BCUT2D eigenvalue weighted by atomic mass is 9.75. The fourth-order valence-electron chi connectivity index (χ4n) is 2.89. The van der Waals surface area contributed by atoms with E-state index < -0.39 is 17.7 Å². The topological polar surface area (TPSA) is 83.1 Å². The van der Waals surface area contributed by atoms with Crippen LogP contribution in [0.15, 0.2) is 53.2 Å². The van der Waals surface area contributed by atoms with E-state index in [2.05, 4.69) is 14.8 Å². The van der Waals surface area contributed by atoms with Gasteiger partial charge in [-0.25, -0.2) is 9.59 Å². The molecule has 1 aliphatic rings. The summed E-state index contributed by atoms with van der Waals surface area (Å²) in [5.74, 6) is 0.546. The smallest absolute Gasteiger partial charge is 0.437 e. The highest BCUT2D eigenvalue weighted by Gasteiger charge is 2.46. The fourth-order valence-corrected chi connectivity index (χ4v) is 2.89. The van der Waals surface area contributed by atoms with Crippen LogP contribution in [0.4, 0.5) is 9.59 Å². The highest BCUT2D eigenvalue weighted by molar-refractivity contribution is 5.66. The Balaban J connectivity index is 2.64. The Morgan fingerprint density at radius 2 is 1.32 bits per heavy atom. The summed E-state index contributed by atoms with van der Waals surface area (Å²) in [5, 5.41) is 3.06. The van der Waals surface area contributed by atoms with Crippen LogP contribution in [0.5, 0.6) is 0 Å². The Labute approximate surface area is 146 Å². The van der Waals surface area contributed by atoms with Crippen LogP contribution in [-0.4, -0.2) is 26.5 Å². The molecule has 0 amide bonds. The summed E-state index contributed by atoms with van der Waals surface area (Å²) >= 11 is 0. The zero-order chi connectivity index (χ0) is 18.6. The van der Waals surface area contributed by atoms with Crippen molar-refractivity contribution >= 4 is 12.3 Å². The molecule has 7 nitrogen and oxygen atoms in total. The number of ether oxygens (including phenoxy) is 4. The van der Waals surface area contributed by atoms with Gasteiger partial charge < -0.3 is 24.3 Å². The van der Waals surface area contributed by atoms with Crippen LogP contribution in [-0.2, 0) is 24.4 Å². The summed E-state index contributed by atoms with van der Waals surface area (Å²) in [6, 6.07) is 9.26. The number of carbonyl (C=O) groups excluding carboxylic acids is 2. The molecule has 1 N–H and O–H groups in total. The largest absolute Gasteiger partial charge is 0.513 e. The predicted molar refractivity (Wildman–Crippen MR) is 89.3 cm³/mol. The van der Waals surface area contributed by atoms with Crippen molar-refractivity contribution < 1.29 is 28.5 Å². The van der Waals surface area contributed by atoms with Gasteiger partial charge in [0.2, 0.25) is 0 Å². The van der Waals surface area contributed by atoms with Gasteiger partial charge in [-0.3, -0.25) is 0 Å². The van der Waals surface area contributed by atoms with Crippen molar-refractivity contribution in [1.29, 1.82) is 0 Å². The first kappa shape index (κ1) is 18.4. The fraction of sp³-hybridized carbons (Fsp3) is 0.333. The van der Waals surface area contributed by atoms with Crippen LogP contribution >= 0.6 is 0 Å². The first-order chi connectivity index (χ1) is 11.8. The highest BCUT2D eigenvalue weighted by atomic mass is 16.7.